The van der Waals surface area contributed by atoms with Gasteiger partial charge in [-0.05, 0) is 19.1 Å². The zero-order valence-corrected chi connectivity index (χ0v) is 12.2. The van der Waals surface area contributed by atoms with E-state index in [0.717, 1.165) is 10.7 Å². The van der Waals surface area contributed by atoms with E-state index in [9.17, 15) is 4.39 Å². The maximum atomic E-state index is 13.6. The first-order valence-corrected chi connectivity index (χ1v) is 7.02. The lowest BCUT2D eigenvalue weighted by Gasteiger charge is -2.08. The molecule has 19 heavy (non-hydrogen) atoms. The van der Waals surface area contributed by atoms with Crippen molar-refractivity contribution < 1.29 is 9.13 Å². The van der Waals surface area contributed by atoms with Gasteiger partial charge in [0.05, 0.1) is 22.9 Å². The molecule has 0 saturated heterocycles. The van der Waals surface area contributed by atoms with E-state index in [0.29, 0.717) is 17.3 Å². The van der Waals surface area contributed by atoms with Crippen LogP contribution in [0.15, 0.2) is 23.6 Å². The predicted molar refractivity (Wildman–Crippen MR) is 76.3 cm³/mol. The lowest BCUT2D eigenvalue weighted by atomic mass is 10.3. The molecule has 2 rings (SSSR count). The minimum Gasteiger partial charge on any atom is -0.376 e. The van der Waals surface area contributed by atoms with Crippen molar-refractivity contribution in [3.05, 3.63) is 45.1 Å². The third-order valence-corrected chi connectivity index (χ3v) is 4.05. The smallest absolute Gasteiger partial charge is 0.147 e. The predicted octanol–water partition coefficient (Wildman–Crippen LogP) is 4.26. The number of ether oxygens (including phenoxy) is 1. The van der Waals surface area contributed by atoms with Crippen molar-refractivity contribution in [1.29, 1.82) is 0 Å². The molecular weight excluding hydrogens is 287 g/mol. The first-order valence-electron chi connectivity index (χ1n) is 5.76. The average molecular weight is 301 g/mol. The highest BCUT2D eigenvalue weighted by molar-refractivity contribution is 7.09. The molecule has 0 spiro atoms. The van der Waals surface area contributed by atoms with Gasteiger partial charge in [0.1, 0.15) is 16.9 Å². The summed E-state index contributed by atoms with van der Waals surface area (Å²) in [5.74, 6) is -0.367. The summed E-state index contributed by atoms with van der Waals surface area (Å²) in [7, 11) is 1.64. The number of halogens is 2. The highest BCUT2D eigenvalue weighted by Gasteiger charge is 2.10. The second kappa shape index (κ2) is 6.32. The molecular formula is C13H14ClFN2OS. The number of methoxy groups -OCH3 is 1. The minimum atomic E-state index is -0.367. The van der Waals surface area contributed by atoms with Crippen molar-refractivity contribution in [3.8, 4) is 0 Å². The Morgan fingerprint density at radius 2 is 2.32 bits per heavy atom. The molecule has 0 amide bonds. The van der Waals surface area contributed by atoms with Gasteiger partial charge >= 0.3 is 0 Å². The third-order valence-electron chi connectivity index (χ3n) is 2.68. The van der Waals surface area contributed by atoms with E-state index in [1.54, 1.807) is 19.2 Å². The van der Waals surface area contributed by atoms with Gasteiger partial charge in [0, 0.05) is 12.5 Å². The molecule has 102 valence electrons. The Bertz CT molecular complexity index is 541. The Morgan fingerprint density at radius 3 is 3.00 bits per heavy atom. The van der Waals surface area contributed by atoms with Gasteiger partial charge in [-0.1, -0.05) is 17.7 Å². The quantitative estimate of drug-likeness (QED) is 0.896. The molecule has 1 aromatic heterocycles. The SMILES string of the molecule is CO[C@H](C)c1nc(CNc2c(F)cccc2Cl)cs1. The van der Waals surface area contributed by atoms with E-state index in [2.05, 4.69) is 10.3 Å². The summed E-state index contributed by atoms with van der Waals surface area (Å²) in [4.78, 5) is 4.42. The largest absolute Gasteiger partial charge is 0.376 e. The molecule has 1 N–H and O–H groups in total. The van der Waals surface area contributed by atoms with Crippen LogP contribution < -0.4 is 5.32 Å². The van der Waals surface area contributed by atoms with Crippen LogP contribution in [0, 0.1) is 5.82 Å². The van der Waals surface area contributed by atoms with E-state index in [1.807, 2.05) is 12.3 Å². The van der Waals surface area contributed by atoms with E-state index < -0.39 is 0 Å². The number of aromatic nitrogens is 1. The molecule has 0 bridgehead atoms. The van der Waals surface area contributed by atoms with Crippen LogP contribution in [-0.2, 0) is 11.3 Å². The Kier molecular flexibility index (Phi) is 4.74. The van der Waals surface area contributed by atoms with Crippen molar-refractivity contribution in [2.75, 3.05) is 12.4 Å². The van der Waals surface area contributed by atoms with Crippen molar-refractivity contribution in [2.45, 2.75) is 19.6 Å². The summed E-state index contributed by atoms with van der Waals surface area (Å²) >= 11 is 7.46. The van der Waals surface area contributed by atoms with Crippen LogP contribution in [0.3, 0.4) is 0 Å². The molecule has 6 heteroatoms. The monoisotopic (exact) mass is 300 g/mol. The fraction of sp³-hybridized carbons (Fsp3) is 0.308. The van der Waals surface area contributed by atoms with Crippen LogP contribution in [-0.4, -0.2) is 12.1 Å². The molecule has 0 fully saturated rings. The number of nitrogens with zero attached hydrogens (tertiary/aromatic N) is 1. The van der Waals surface area contributed by atoms with Gasteiger partial charge in [0.25, 0.3) is 0 Å². The zero-order valence-electron chi connectivity index (χ0n) is 10.6. The Balaban J connectivity index is 2.05. The summed E-state index contributed by atoms with van der Waals surface area (Å²) in [6.45, 7) is 2.36. The number of benzene rings is 1. The van der Waals surface area contributed by atoms with Crippen LogP contribution in [0.2, 0.25) is 5.02 Å². The highest BCUT2D eigenvalue weighted by Crippen LogP contribution is 2.26. The topological polar surface area (TPSA) is 34.1 Å². The molecule has 0 saturated carbocycles. The summed E-state index contributed by atoms with van der Waals surface area (Å²) in [5, 5.41) is 6.15. The first-order chi connectivity index (χ1) is 9.11. The number of thiazole rings is 1. The second-order valence-corrected chi connectivity index (χ2v) is 5.30. The molecule has 0 unspecified atom stereocenters. The van der Waals surface area contributed by atoms with Crippen molar-refractivity contribution in [2.24, 2.45) is 0 Å². The van der Waals surface area contributed by atoms with Crippen molar-refractivity contribution >= 4 is 28.6 Å². The Labute approximate surface area is 120 Å². The van der Waals surface area contributed by atoms with Crippen LogP contribution >= 0.6 is 22.9 Å². The molecule has 1 atom stereocenters. The Morgan fingerprint density at radius 1 is 1.53 bits per heavy atom. The molecule has 0 aliphatic rings. The summed E-state index contributed by atoms with van der Waals surface area (Å²) < 4.78 is 18.8. The van der Waals surface area contributed by atoms with E-state index >= 15 is 0 Å². The van der Waals surface area contributed by atoms with Crippen molar-refractivity contribution in [3.63, 3.8) is 0 Å². The number of anilines is 1. The number of nitrogens with one attached hydrogen (secondary N) is 1. The van der Waals surface area contributed by atoms with Crippen molar-refractivity contribution in [1.82, 2.24) is 4.98 Å². The summed E-state index contributed by atoms with van der Waals surface area (Å²) in [6.07, 6.45) is -0.0317. The fourth-order valence-electron chi connectivity index (χ4n) is 1.54. The Hall–Kier alpha value is -1.17. The maximum Gasteiger partial charge on any atom is 0.147 e. The fourth-order valence-corrected chi connectivity index (χ4v) is 2.62. The van der Waals surface area contributed by atoms with Gasteiger partial charge in [-0.15, -0.1) is 11.3 Å². The zero-order chi connectivity index (χ0) is 13.8. The number of hydrogen-bond donors (Lipinski definition) is 1. The van der Waals surface area contributed by atoms with Crippen LogP contribution in [0.1, 0.15) is 23.7 Å². The molecule has 1 heterocycles. The van der Waals surface area contributed by atoms with Gasteiger partial charge in [-0.25, -0.2) is 9.37 Å². The normalized spacial score (nSPS) is 12.4. The molecule has 2 aromatic rings. The molecule has 0 radical (unpaired) electrons. The van der Waals surface area contributed by atoms with Gasteiger partial charge < -0.3 is 10.1 Å². The lowest BCUT2D eigenvalue weighted by Crippen LogP contribution is -2.03. The van der Waals surface area contributed by atoms with Gasteiger partial charge in [0.2, 0.25) is 0 Å². The number of para-hydroxylation sites is 1. The molecule has 1 aromatic carbocycles. The number of hydrogen-bond acceptors (Lipinski definition) is 4. The van der Waals surface area contributed by atoms with E-state index in [1.165, 1.54) is 17.4 Å². The molecule has 3 nitrogen and oxygen atoms in total. The average Bonchev–Trinajstić information content (AvgIpc) is 2.86. The van der Waals surface area contributed by atoms with Gasteiger partial charge in [0.15, 0.2) is 0 Å². The first kappa shape index (κ1) is 14.2. The maximum absolute atomic E-state index is 13.6. The minimum absolute atomic E-state index is 0.0317. The standard InChI is InChI=1S/C13H14ClFN2OS/c1-8(18-2)13-17-9(7-19-13)6-16-12-10(14)4-3-5-11(12)15/h3-5,7-8,16H,6H2,1-2H3/t8-/m1/s1. The van der Waals surface area contributed by atoms with E-state index in [-0.39, 0.29) is 11.9 Å². The number of rotatable bonds is 5. The lowest BCUT2D eigenvalue weighted by molar-refractivity contribution is 0.119. The molecule has 0 aliphatic heterocycles. The van der Waals surface area contributed by atoms with Crippen LogP contribution in [0.25, 0.3) is 0 Å². The van der Waals surface area contributed by atoms with E-state index in [4.69, 9.17) is 16.3 Å². The van der Waals surface area contributed by atoms with Gasteiger partial charge in [-0.2, -0.15) is 0 Å². The second-order valence-electron chi connectivity index (χ2n) is 4.01. The van der Waals surface area contributed by atoms with Crippen LogP contribution in [0.4, 0.5) is 10.1 Å². The van der Waals surface area contributed by atoms with Gasteiger partial charge in [-0.3, -0.25) is 0 Å². The third kappa shape index (κ3) is 3.43. The highest BCUT2D eigenvalue weighted by atomic mass is 35.5. The molecule has 0 aliphatic carbocycles. The summed E-state index contributed by atoms with van der Waals surface area (Å²) in [6, 6.07) is 4.59. The van der Waals surface area contributed by atoms with Crippen LogP contribution in [0.5, 0.6) is 0 Å². The summed E-state index contributed by atoms with van der Waals surface area (Å²) in [5.41, 5.74) is 1.14.